The van der Waals surface area contributed by atoms with Crippen molar-refractivity contribution in [3.05, 3.63) is 38.9 Å². The number of nitro groups is 1. The summed E-state index contributed by atoms with van der Waals surface area (Å²) in [7, 11) is 0. The Morgan fingerprint density at radius 3 is 2.59 bits per heavy atom. The predicted octanol–water partition coefficient (Wildman–Crippen LogP) is 3.63. The number of rotatable bonds is 6. The highest BCUT2D eigenvalue weighted by Crippen LogP contribution is 2.33. The standard InChI is InChI=1S/C16H24ClN3O2/c1-12(2)3-6-15(19-9-7-18-8-10-19)13-4-5-14(17)16(11-13)20(21)22/h4-5,11-12,15,18H,3,6-10H2,1-2H3/t15-/m0/s1. The molecule has 6 heteroatoms. The summed E-state index contributed by atoms with van der Waals surface area (Å²) in [6, 6.07) is 5.46. The van der Waals surface area contributed by atoms with Crippen molar-refractivity contribution in [2.75, 3.05) is 26.2 Å². The second-order valence-electron chi connectivity index (χ2n) is 6.24. The van der Waals surface area contributed by atoms with Crippen LogP contribution in [0.15, 0.2) is 18.2 Å². The van der Waals surface area contributed by atoms with Gasteiger partial charge in [-0.25, -0.2) is 0 Å². The molecule has 1 saturated heterocycles. The smallest absolute Gasteiger partial charge is 0.288 e. The van der Waals surface area contributed by atoms with E-state index in [0.29, 0.717) is 5.92 Å². The Morgan fingerprint density at radius 1 is 1.32 bits per heavy atom. The molecule has 0 radical (unpaired) electrons. The van der Waals surface area contributed by atoms with E-state index in [9.17, 15) is 10.1 Å². The average molecular weight is 326 g/mol. The molecular formula is C16H24ClN3O2. The van der Waals surface area contributed by atoms with Crippen LogP contribution in [0.4, 0.5) is 5.69 Å². The van der Waals surface area contributed by atoms with Gasteiger partial charge in [0.15, 0.2) is 0 Å². The van der Waals surface area contributed by atoms with Crippen LogP contribution in [-0.4, -0.2) is 36.0 Å². The third kappa shape index (κ3) is 4.41. The number of hydrogen-bond donors (Lipinski definition) is 1. The fourth-order valence-electron chi connectivity index (χ4n) is 2.92. The number of hydrogen-bond acceptors (Lipinski definition) is 4. The quantitative estimate of drug-likeness (QED) is 0.641. The Morgan fingerprint density at radius 2 is 2.00 bits per heavy atom. The molecule has 1 aromatic rings. The van der Waals surface area contributed by atoms with Crippen molar-refractivity contribution >= 4 is 17.3 Å². The molecule has 1 aliphatic rings. The van der Waals surface area contributed by atoms with E-state index in [-0.39, 0.29) is 16.8 Å². The monoisotopic (exact) mass is 325 g/mol. The molecule has 0 saturated carbocycles. The normalized spacial score (nSPS) is 17.6. The van der Waals surface area contributed by atoms with E-state index in [1.54, 1.807) is 12.1 Å². The molecule has 0 bridgehead atoms. The van der Waals surface area contributed by atoms with Crippen LogP contribution in [0.2, 0.25) is 5.02 Å². The molecule has 0 aromatic heterocycles. The van der Waals surface area contributed by atoms with E-state index < -0.39 is 4.92 Å². The first-order valence-corrected chi connectivity index (χ1v) is 8.25. The van der Waals surface area contributed by atoms with Gasteiger partial charge in [0, 0.05) is 38.3 Å². The number of nitrogens with one attached hydrogen (secondary N) is 1. The van der Waals surface area contributed by atoms with Crippen LogP contribution in [0.5, 0.6) is 0 Å². The first-order valence-electron chi connectivity index (χ1n) is 7.87. The molecule has 0 amide bonds. The van der Waals surface area contributed by atoms with Gasteiger partial charge in [-0.1, -0.05) is 31.5 Å². The molecule has 1 aromatic carbocycles. The predicted molar refractivity (Wildman–Crippen MR) is 89.4 cm³/mol. The minimum atomic E-state index is -0.400. The zero-order valence-corrected chi connectivity index (χ0v) is 14.0. The van der Waals surface area contributed by atoms with Crippen LogP contribution in [-0.2, 0) is 0 Å². The summed E-state index contributed by atoms with van der Waals surface area (Å²) in [5.41, 5.74) is 1.00. The van der Waals surface area contributed by atoms with Crippen molar-refractivity contribution < 1.29 is 4.92 Å². The fourth-order valence-corrected chi connectivity index (χ4v) is 3.11. The summed E-state index contributed by atoms with van der Waals surface area (Å²) in [5, 5.41) is 14.7. The van der Waals surface area contributed by atoms with Gasteiger partial charge in [-0.05, 0) is 30.4 Å². The van der Waals surface area contributed by atoms with Gasteiger partial charge in [-0.3, -0.25) is 15.0 Å². The van der Waals surface area contributed by atoms with Crippen molar-refractivity contribution in [2.24, 2.45) is 5.92 Å². The van der Waals surface area contributed by atoms with Gasteiger partial charge in [0.1, 0.15) is 5.02 Å². The number of nitrogens with zero attached hydrogens (tertiary/aromatic N) is 2. The second-order valence-corrected chi connectivity index (χ2v) is 6.65. The minimum Gasteiger partial charge on any atom is -0.314 e. The summed E-state index contributed by atoms with van der Waals surface area (Å²) in [5.74, 6) is 0.618. The highest BCUT2D eigenvalue weighted by Gasteiger charge is 2.24. The first-order chi connectivity index (χ1) is 10.5. The number of piperazine rings is 1. The van der Waals surface area contributed by atoms with E-state index in [4.69, 9.17) is 11.6 Å². The largest absolute Gasteiger partial charge is 0.314 e. The van der Waals surface area contributed by atoms with Gasteiger partial charge in [-0.15, -0.1) is 0 Å². The van der Waals surface area contributed by atoms with Crippen molar-refractivity contribution in [1.29, 1.82) is 0 Å². The molecule has 22 heavy (non-hydrogen) atoms. The Labute approximate surface area is 136 Å². The lowest BCUT2D eigenvalue weighted by Gasteiger charge is -2.35. The minimum absolute atomic E-state index is 0.00356. The number of nitro benzene ring substituents is 1. The van der Waals surface area contributed by atoms with Gasteiger partial charge < -0.3 is 5.32 Å². The molecular weight excluding hydrogens is 302 g/mol. The van der Waals surface area contributed by atoms with Crippen molar-refractivity contribution in [2.45, 2.75) is 32.7 Å². The molecule has 0 aliphatic carbocycles. The molecule has 1 atom stereocenters. The fraction of sp³-hybridized carbons (Fsp3) is 0.625. The summed E-state index contributed by atoms with van der Waals surface area (Å²) < 4.78 is 0. The van der Waals surface area contributed by atoms with Crippen LogP contribution in [0, 0.1) is 16.0 Å². The third-order valence-electron chi connectivity index (χ3n) is 4.16. The molecule has 0 unspecified atom stereocenters. The van der Waals surface area contributed by atoms with Crippen molar-refractivity contribution in [1.82, 2.24) is 10.2 Å². The SMILES string of the molecule is CC(C)CC[C@@H](c1ccc(Cl)c([N+](=O)[O-])c1)N1CCNCC1. The summed E-state index contributed by atoms with van der Waals surface area (Å²) in [6.45, 7) is 8.29. The highest BCUT2D eigenvalue weighted by atomic mass is 35.5. The maximum Gasteiger partial charge on any atom is 0.288 e. The van der Waals surface area contributed by atoms with Gasteiger partial charge in [0.05, 0.1) is 4.92 Å². The second kappa shape index (κ2) is 7.90. The van der Waals surface area contributed by atoms with E-state index in [1.807, 2.05) is 6.07 Å². The lowest BCUT2D eigenvalue weighted by atomic mass is 9.95. The van der Waals surface area contributed by atoms with Crippen molar-refractivity contribution in [3.8, 4) is 0 Å². The van der Waals surface area contributed by atoms with Gasteiger partial charge >= 0.3 is 0 Å². The molecule has 5 nitrogen and oxygen atoms in total. The Bertz CT molecular complexity index is 516. The molecule has 1 N–H and O–H groups in total. The molecule has 122 valence electrons. The van der Waals surface area contributed by atoms with Crippen LogP contribution < -0.4 is 5.32 Å². The third-order valence-corrected chi connectivity index (χ3v) is 4.48. The molecule has 2 rings (SSSR count). The van der Waals surface area contributed by atoms with Gasteiger partial charge in [0.25, 0.3) is 5.69 Å². The van der Waals surface area contributed by atoms with Crippen LogP contribution in [0.3, 0.4) is 0 Å². The van der Waals surface area contributed by atoms with E-state index >= 15 is 0 Å². The zero-order valence-electron chi connectivity index (χ0n) is 13.2. The maximum atomic E-state index is 11.1. The topological polar surface area (TPSA) is 58.4 Å². The molecule has 1 heterocycles. The van der Waals surface area contributed by atoms with Crippen LogP contribution >= 0.6 is 11.6 Å². The van der Waals surface area contributed by atoms with E-state index in [2.05, 4.69) is 24.1 Å². The number of halogens is 1. The Kier molecular flexibility index (Phi) is 6.17. The first kappa shape index (κ1) is 17.2. The summed E-state index contributed by atoms with van der Waals surface area (Å²) in [6.07, 6.45) is 2.11. The van der Waals surface area contributed by atoms with E-state index in [0.717, 1.165) is 44.6 Å². The lowest BCUT2D eigenvalue weighted by Crippen LogP contribution is -2.45. The average Bonchev–Trinajstić information content (AvgIpc) is 2.49. The summed E-state index contributed by atoms with van der Waals surface area (Å²) in [4.78, 5) is 13.2. The zero-order chi connectivity index (χ0) is 16.1. The van der Waals surface area contributed by atoms with E-state index in [1.165, 1.54) is 0 Å². The highest BCUT2D eigenvalue weighted by molar-refractivity contribution is 6.32. The number of benzene rings is 1. The Hall–Kier alpha value is -1.17. The van der Waals surface area contributed by atoms with Crippen molar-refractivity contribution in [3.63, 3.8) is 0 Å². The molecule has 0 spiro atoms. The molecule has 1 fully saturated rings. The van der Waals surface area contributed by atoms with Gasteiger partial charge in [-0.2, -0.15) is 0 Å². The van der Waals surface area contributed by atoms with Gasteiger partial charge in [0.2, 0.25) is 0 Å². The maximum absolute atomic E-state index is 11.1. The van der Waals surface area contributed by atoms with Crippen LogP contribution in [0.1, 0.15) is 38.3 Å². The lowest BCUT2D eigenvalue weighted by molar-refractivity contribution is -0.384. The van der Waals surface area contributed by atoms with Crippen LogP contribution in [0.25, 0.3) is 0 Å². The summed E-state index contributed by atoms with van der Waals surface area (Å²) >= 11 is 5.94. The molecule has 1 aliphatic heterocycles. The Balaban J connectivity index is 2.26.